The van der Waals surface area contributed by atoms with Gasteiger partial charge in [-0.05, 0) is 118 Å². The molecule has 8 aromatic carbocycles. The van der Waals surface area contributed by atoms with Crippen LogP contribution >= 0.6 is 0 Å². The van der Waals surface area contributed by atoms with Crippen LogP contribution < -0.4 is 0 Å². The topological polar surface area (TPSA) is 0 Å². The van der Waals surface area contributed by atoms with Gasteiger partial charge in [0.2, 0.25) is 0 Å². The number of rotatable bonds is 6. The molecule has 0 fully saturated rings. The third-order valence-corrected chi connectivity index (χ3v) is 10.1. The van der Waals surface area contributed by atoms with Gasteiger partial charge < -0.3 is 0 Å². The number of aryl methyl sites for hydroxylation is 1. The van der Waals surface area contributed by atoms with Gasteiger partial charge in [-0.25, -0.2) is 0 Å². The highest BCUT2D eigenvalue weighted by atomic mass is 14.3. The first-order valence-corrected chi connectivity index (χ1v) is 17.0. The van der Waals surface area contributed by atoms with E-state index in [1.807, 2.05) is 6.07 Å². The van der Waals surface area contributed by atoms with E-state index >= 15 is 0 Å². The molecule has 238 valence electrons. The quantitative estimate of drug-likeness (QED) is 0.159. The van der Waals surface area contributed by atoms with Crippen LogP contribution in [0.4, 0.5) is 0 Å². The van der Waals surface area contributed by atoms with Crippen LogP contribution in [-0.4, -0.2) is 0 Å². The fraction of sp³-hybridized carbons (Fsp3) is 0.0400. The molecule has 0 nitrogen and oxygen atoms in total. The third-order valence-electron chi connectivity index (χ3n) is 10.1. The molecule has 0 amide bonds. The first-order valence-electron chi connectivity index (χ1n) is 17.0. The van der Waals surface area contributed by atoms with Gasteiger partial charge in [-0.15, -0.1) is 0 Å². The van der Waals surface area contributed by atoms with Gasteiger partial charge in [0.1, 0.15) is 0 Å². The second kappa shape index (κ2) is 12.7. The van der Waals surface area contributed by atoms with Crippen LogP contribution in [0, 0.1) is 6.92 Å². The van der Waals surface area contributed by atoms with Crippen LogP contribution in [0.15, 0.2) is 176 Å². The highest BCUT2D eigenvalue weighted by Gasteiger charge is 2.30. The molecule has 0 spiro atoms. The van der Waals surface area contributed by atoms with Crippen molar-refractivity contribution in [3.8, 4) is 55.6 Å². The van der Waals surface area contributed by atoms with E-state index in [0.29, 0.717) is 0 Å². The lowest BCUT2D eigenvalue weighted by atomic mass is 9.82. The molecule has 0 saturated carbocycles. The van der Waals surface area contributed by atoms with Gasteiger partial charge >= 0.3 is 0 Å². The van der Waals surface area contributed by atoms with Crippen molar-refractivity contribution >= 4 is 33.2 Å². The molecule has 0 aliphatic heterocycles. The number of hydrogen-bond acceptors (Lipinski definition) is 0. The van der Waals surface area contributed by atoms with Crippen molar-refractivity contribution in [2.24, 2.45) is 0 Å². The molecule has 0 heteroatoms. The molecule has 9 rings (SSSR count). The summed E-state index contributed by atoms with van der Waals surface area (Å²) in [4.78, 5) is 0. The Labute approximate surface area is 295 Å². The standard InChI is InChI=1S/C49H34.CH4/c1-32(34-15-6-3-7-16-34)25-26-35-27-28-38(29-33(35)2)40-30-39-21-14-24-43-45(39)44(31-40)49-47(37-19-10-5-11-20-37)42-23-13-12-22-41(42)46(48(43)49)36-17-8-4-9-18-36;/h3-31H,1H2,2H3;1H4/b26-25-;. The van der Waals surface area contributed by atoms with Gasteiger partial charge in [-0.1, -0.05) is 178 Å². The lowest BCUT2D eigenvalue weighted by Crippen LogP contribution is -1.93. The van der Waals surface area contributed by atoms with Crippen molar-refractivity contribution in [1.29, 1.82) is 0 Å². The Kier molecular flexibility index (Phi) is 7.86. The van der Waals surface area contributed by atoms with Crippen LogP contribution in [0.5, 0.6) is 0 Å². The number of benzene rings is 8. The van der Waals surface area contributed by atoms with E-state index in [9.17, 15) is 0 Å². The summed E-state index contributed by atoms with van der Waals surface area (Å²) in [5.74, 6) is 0. The number of fused-ring (bicyclic) bond motifs is 4. The SMILES string of the molecule is C.C=C(/C=C\c1ccc(-c2cc3c4c(cccc4c2)-c2c-3c(-c3ccccc3)c3ccccc3c2-c2ccccc2)cc1C)c1ccccc1. The molecule has 8 aromatic rings. The summed E-state index contributed by atoms with van der Waals surface area (Å²) in [6.07, 6.45) is 4.30. The van der Waals surface area contributed by atoms with Gasteiger partial charge in [-0.3, -0.25) is 0 Å². The zero-order valence-electron chi connectivity index (χ0n) is 27.5. The van der Waals surface area contributed by atoms with E-state index in [2.05, 4.69) is 183 Å². The second-order valence-electron chi connectivity index (χ2n) is 13.0. The summed E-state index contributed by atoms with van der Waals surface area (Å²) < 4.78 is 0. The van der Waals surface area contributed by atoms with Crippen LogP contribution in [0.2, 0.25) is 0 Å². The maximum Gasteiger partial charge on any atom is -0.000720 e. The molecule has 0 atom stereocenters. The van der Waals surface area contributed by atoms with Crippen molar-refractivity contribution in [1.82, 2.24) is 0 Å². The van der Waals surface area contributed by atoms with Crippen molar-refractivity contribution < 1.29 is 0 Å². The highest BCUT2D eigenvalue weighted by Crippen LogP contribution is 2.58. The molecule has 0 N–H and O–H groups in total. The molecule has 1 aliphatic carbocycles. The van der Waals surface area contributed by atoms with E-state index < -0.39 is 0 Å². The summed E-state index contributed by atoms with van der Waals surface area (Å²) in [7, 11) is 0. The van der Waals surface area contributed by atoms with Gasteiger partial charge in [0.15, 0.2) is 0 Å². The van der Waals surface area contributed by atoms with Gasteiger partial charge in [0.25, 0.3) is 0 Å². The molecule has 0 radical (unpaired) electrons. The lowest BCUT2D eigenvalue weighted by molar-refractivity contribution is 1.44. The molecule has 0 heterocycles. The summed E-state index contributed by atoms with van der Waals surface area (Å²) in [5, 5.41) is 5.16. The van der Waals surface area contributed by atoms with E-state index in [0.717, 1.165) is 11.1 Å². The average molecular weight is 639 g/mol. The minimum atomic E-state index is 0. The van der Waals surface area contributed by atoms with Crippen molar-refractivity contribution in [3.05, 3.63) is 193 Å². The Morgan fingerprint density at radius 3 is 1.68 bits per heavy atom. The molecular weight excluding hydrogens is 601 g/mol. The van der Waals surface area contributed by atoms with E-state index in [1.54, 1.807) is 0 Å². The van der Waals surface area contributed by atoms with Crippen molar-refractivity contribution in [3.63, 3.8) is 0 Å². The third kappa shape index (κ3) is 5.09. The monoisotopic (exact) mass is 638 g/mol. The largest absolute Gasteiger partial charge is 0.0912 e. The van der Waals surface area contributed by atoms with Gasteiger partial charge in [0.05, 0.1) is 0 Å². The van der Waals surface area contributed by atoms with E-state index in [4.69, 9.17) is 0 Å². The summed E-state index contributed by atoms with van der Waals surface area (Å²) >= 11 is 0. The van der Waals surface area contributed by atoms with Crippen LogP contribution in [-0.2, 0) is 0 Å². The first-order chi connectivity index (χ1) is 24.2. The Balaban J connectivity index is 0.00000361. The predicted molar refractivity (Wildman–Crippen MR) is 218 cm³/mol. The van der Waals surface area contributed by atoms with Crippen LogP contribution in [0.1, 0.15) is 24.1 Å². The highest BCUT2D eigenvalue weighted by molar-refractivity contribution is 6.28. The normalized spacial score (nSPS) is 11.5. The Hall–Kier alpha value is -6.24. The zero-order chi connectivity index (χ0) is 32.9. The molecular formula is C50H38. The summed E-state index contributed by atoms with van der Waals surface area (Å²) in [6, 6.07) is 59.6. The molecule has 0 unspecified atom stereocenters. The van der Waals surface area contributed by atoms with E-state index in [1.165, 1.54) is 88.3 Å². The predicted octanol–water partition coefficient (Wildman–Crippen LogP) is 14.3. The molecule has 50 heavy (non-hydrogen) atoms. The molecule has 0 aromatic heterocycles. The van der Waals surface area contributed by atoms with Crippen LogP contribution in [0.25, 0.3) is 88.8 Å². The smallest absolute Gasteiger partial charge is 0.000720 e. The van der Waals surface area contributed by atoms with Gasteiger partial charge in [0, 0.05) is 0 Å². The summed E-state index contributed by atoms with van der Waals surface area (Å²) in [5.41, 5.74) is 17.4. The van der Waals surface area contributed by atoms with Crippen molar-refractivity contribution in [2.45, 2.75) is 14.4 Å². The Bertz CT molecular complexity index is 2590. The summed E-state index contributed by atoms with van der Waals surface area (Å²) in [6.45, 7) is 6.49. The maximum atomic E-state index is 4.29. The average Bonchev–Trinajstić information content (AvgIpc) is 3.48. The van der Waals surface area contributed by atoms with E-state index in [-0.39, 0.29) is 7.43 Å². The lowest BCUT2D eigenvalue weighted by Gasteiger charge is -2.20. The molecule has 0 saturated heterocycles. The Morgan fingerprint density at radius 1 is 0.480 bits per heavy atom. The molecule has 0 bridgehead atoms. The molecule has 1 aliphatic rings. The van der Waals surface area contributed by atoms with Crippen molar-refractivity contribution in [2.75, 3.05) is 0 Å². The first kappa shape index (κ1) is 31.1. The Morgan fingerprint density at radius 2 is 1.06 bits per heavy atom. The minimum Gasteiger partial charge on any atom is -0.0912 e. The fourth-order valence-electron chi connectivity index (χ4n) is 7.77. The number of hydrogen-bond donors (Lipinski definition) is 0. The van der Waals surface area contributed by atoms with Crippen LogP contribution in [0.3, 0.4) is 0 Å². The fourth-order valence-corrected chi connectivity index (χ4v) is 7.77. The number of allylic oxidation sites excluding steroid dienone is 2. The second-order valence-corrected chi connectivity index (χ2v) is 13.0. The van der Waals surface area contributed by atoms with Gasteiger partial charge in [-0.2, -0.15) is 0 Å². The zero-order valence-corrected chi connectivity index (χ0v) is 27.5. The maximum absolute atomic E-state index is 4.29. The minimum absolute atomic E-state index is 0.